The van der Waals surface area contributed by atoms with Gasteiger partial charge in [0.15, 0.2) is 0 Å². The van der Waals surface area contributed by atoms with Gasteiger partial charge in [0.2, 0.25) is 0 Å². The van der Waals surface area contributed by atoms with Gasteiger partial charge in [-0.05, 0) is 24.0 Å². The second-order valence-corrected chi connectivity index (χ2v) is 6.65. The molecule has 2 heterocycles. The van der Waals surface area contributed by atoms with Gasteiger partial charge in [0.1, 0.15) is 5.82 Å². The van der Waals surface area contributed by atoms with Crippen LogP contribution in [0.3, 0.4) is 0 Å². The van der Waals surface area contributed by atoms with Crippen molar-refractivity contribution in [2.45, 2.75) is 20.8 Å². The minimum Gasteiger partial charge on any atom is -0.353 e. The summed E-state index contributed by atoms with van der Waals surface area (Å²) < 4.78 is 0. The van der Waals surface area contributed by atoms with Gasteiger partial charge in [0.25, 0.3) is 0 Å². The average Bonchev–Trinajstić information content (AvgIpc) is 2.53. The van der Waals surface area contributed by atoms with Gasteiger partial charge >= 0.3 is 6.03 Å². The molecule has 22 heavy (non-hydrogen) atoms. The van der Waals surface area contributed by atoms with E-state index in [1.54, 1.807) is 6.20 Å². The molecule has 1 N–H and O–H groups in total. The minimum absolute atomic E-state index is 0.0382. The van der Waals surface area contributed by atoms with E-state index in [-0.39, 0.29) is 6.03 Å². The van der Waals surface area contributed by atoms with Crippen LogP contribution in [0.4, 0.5) is 10.6 Å². The maximum absolute atomic E-state index is 12.2. The topological polar surface area (TPSA) is 48.5 Å². The quantitative estimate of drug-likeness (QED) is 0.926. The molecule has 1 aliphatic rings. The molecule has 0 spiro atoms. The number of carbonyl (C=O) groups excluding carboxylic acids is 1. The van der Waals surface area contributed by atoms with E-state index < -0.39 is 0 Å². The Bertz CT molecular complexity index is 483. The number of halogens is 1. The Kier molecular flexibility index (Phi) is 5.89. The molecule has 1 saturated heterocycles. The number of piperazine rings is 1. The molecule has 0 radical (unpaired) electrons. The van der Waals surface area contributed by atoms with Crippen molar-refractivity contribution in [2.75, 3.05) is 37.6 Å². The maximum Gasteiger partial charge on any atom is 0.317 e. The highest BCUT2D eigenvalue weighted by molar-refractivity contribution is 6.30. The lowest BCUT2D eigenvalue weighted by Crippen LogP contribution is -2.52. The smallest absolute Gasteiger partial charge is 0.317 e. The molecule has 6 heteroatoms. The summed E-state index contributed by atoms with van der Waals surface area (Å²) in [6.45, 7) is 10.3. The molecular formula is C16H25ClN4O. The van der Waals surface area contributed by atoms with Gasteiger partial charge in [-0.1, -0.05) is 32.4 Å². The van der Waals surface area contributed by atoms with Crippen LogP contribution in [0.25, 0.3) is 0 Å². The van der Waals surface area contributed by atoms with Crippen LogP contribution in [-0.4, -0.2) is 48.6 Å². The molecule has 1 aliphatic heterocycles. The Labute approximate surface area is 137 Å². The number of urea groups is 1. The van der Waals surface area contributed by atoms with Gasteiger partial charge in [-0.2, -0.15) is 0 Å². The van der Waals surface area contributed by atoms with E-state index in [2.05, 4.69) is 36.0 Å². The Morgan fingerprint density at radius 2 is 1.95 bits per heavy atom. The minimum atomic E-state index is 0.0382. The van der Waals surface area contributed by atoms with Crippen molar-refractivity contribution in [3.63, 3.8) is 0 Å². The molecule has 2 amide bonds. The molecule has 0 aliphatic carbocycles. The Hall–Kier alpha value is -1.49. The standard InChI is InChI=1S/C16H25ClN4O/c1-12(2)13(3)10-19-16(22)21-8-6-20(7-9-21)15-5-4-14(17)11-18-15/h4-5,11-13H,6-10H2,1-3H3,(H,19,22)/t13-/m1/s1. The molecule has 1 fully saturated rings. The number of anilines is 1. The summed E-state index contributed by atoms with van der Waals surface area (Å²) in [5.41, 5.74) is 0. The first kappa shape index (κ1) is 16.9. The highest BCUT2D eigenvalue weighted by atomic mass is 35.5. The van der Waals surface area contributed by atoms with Gasteiger partial charge < -0.3 is 15.1 Å². The van der Waals surface area contributed by atoms with Crippen molar-refractivity contribution in [1.29, 1.82) is 0 Å². The zero-order chi connectivity index (χ0) is 16.1. The zero-order valence-corrected chi connectivity index (χ0v) is 14.3. The Morgan fingerprint density at radius 1 is 1.27 bits per heavy atom. The number of aromatic nitrogens is 1. The van der Waals surface area contributed by atoms with Gasteiger partial charge in [-0.3, -0.25) is 0 Å². The number of carbonyl (C=O) groups is 1. The molecule has 0 unspecified atom stereocenters. The van der Waals surface area contributed by atoms with Crippen molar-refractivity contribution in [3.05, 3.63) is 23.4 Å². The predicted molar refractivity (Wildman–Crippen MR) is 90.4 cm³/mol. The second kappa shape index (κ2) is 7.68. The molecule has 2 rings (SSSR count). The fourth-order valence-electron chi connectivity index (χ4n) is 2.29. The highest BCUT2D eigenvalue weighted by Crippen LogP contribution is 2.16. The summed E-state index contributed by atoms with van der Waals surface area (Å²) in [6, 6.07) is 3.80. The molecule has 1 aromatic heterocycles. The van der Waals surface area contributed by atoms with Crippen LogP contribution in [0, 0.1) is 11.8 Å². The van der Waals surface area contributed by atoms with Crippen molar-refractivity contribution < 1.29 is 4.79 Å². The monoisotopic (exact) mass is 324 g/mol. The van der Waals surface area contributed by atoms with Crippen LogP contribution < -0.4 is 10.2 Å². The lowest BCUT2D eigenvalue weighted by atomic mass is 9.98. The largest absolute Gasteiger partial charge is 0.353 e. The van der Waals surface area contributed by atoms with E-state index in [0.29, 0.717) is 29.9 Å². The fourth-order valence-corrected chi connectivity index (χ4v) is 2.40. The van der Waals surface area contributed by atoms with Crippen molar-refractivity contribution in [1.82, 2.24) is 15.2 Å². The number of nitrogens with zero attached hydrogens (tertiary/aromatic N) is 3. The average molecular weight is 325 g/mol. The third kappa shape index (κ3) is 4.50. The predicted octanol–water partition coefficient (Wildman–Crippen LogP) is 2.86. The van der Waals surface area contributed by atoms with E-state index >= 15 is 0 Å². The number of pyridine rings is 1. The third-order valence-electron chi connectivity index (χ3n) is 4.32. The molecule has 0 aromatic carbocycles. The van der Waals surface area contributed by atoms with E-state index in [1.807, 2.05) is 17.0 Å². The summed E-state index contributed by atoms with van der Waals surface area (Å²) in [5.74, 6) is 1.98. The third-order valence-corrected chi connectivity index (χ3v) is 4.54. The molecule has 122 valence electrons. The van der Waals surface area contributed by atoms with Gasteiger partial charge in [0, 0.05) is 38.9 Å². The van der Waals surface area contributed by atoms with Crippen molar-refractivity contribution >= 4 is 23.4 Å². The molecule has 1 atom stereocenters. The summed E-state index contributed by atoms with van der Waals surface area (Å²) in [7, 11) is 0. The van der Waals surface area contributed by atoms with Gasteiger partial charge in [0.05, 0.1) is 5.02 Å². The van der Waals surface area contributed by atoms with Gasteiger partial charge in [-0.15, -0.1) is 0 Å². The molecule has 5 nitrogen and oxygen atoms in total. The summed E-state index contributed by atoms with van der Waals surface area (Å²) in [4.78, 5) is 20.6. The number of hydrogen-bond acceptors (Lipinski definition) is 3. The summed E-state index contributed by atoms with van der Waals surface area (Å²) >= 11 is 5.86. The van der Waals surface area contributed by atoms with Crippen LogP contribution in [-0.2, 0) is 0 Å². The van der Waals surface area contributed by atoms with E-state index in [0.717, 1.165) is 25.5 Å². The number of amides is 2. The van der Waals surface area contributed by atoms with Gasteiger partial charge in [-0.25, -0.2) is 9.78 Å². The molecule has 0 saturated carbocycles. The normalized spacial score (nSPS) is 16.8. The first-order valence-corrected chi connectivity index (χ1v) is 8.24. The van der Waals surface area contributed by atoms with Crippen molar-refractivity contribution in [3.8, 4) is 0 Å². The first-order valence-electron chi connectivity index (χ1n) is 7.86. The molecule has 0 bridgehead atoms. The zero-order valence-electron chi connectivity index (χ0n) is 13.6. The van der Waals surface area contributed by atoms with Crippen molar-refractivity contribution in [2.24, 2.45) is 11.8 Å². The van der Waals surface area contributed by atoms with E-state index in [1.165, 1.54) is 0 Å². The van der Waals surface area contributed by atoms with E-state index in [4.69, 9.17) is 11.6 Å². The number of rotatable bonds is 4. The maximum atomic E-state index is 12.2. The number of nitrogens with one attached hydrogen (secondary N) is 1. The second-order valence-electron chi connectivity index (χ2n) is 6.22. The van der Waals surface area contributed by atoms with Crippen LogP contribution in [0.1, 0.15) is 20.8 Å². The number of hydrogen-bond donors (Lipinski definition) is 1. The fraction of sp³-hybridized carbons (Fsp3) is 0.625. The van der Waals surface area contributed by atoms with Crippen LogP contribution in [0.15, 0.2) is 18.3 Å². The van der Waals surface area contributed by atoms with Crippen LogP contribution in [0.5, 0.6) is 0 Å². The Morgan fingerprint density at radius 3 is 2.50 bits per heavy atom. The summed E-state index contributed by atoms with van der Waals surface area (Å²) in [6.07, 6.45) is 1.66. The molecular weight excluding hydrogens is 300 g/mol. The summed E-state index contributed by atoms with van der Waals surface area (Å²) in [5, 5.41) is 3.67. The lowest BCUT2D eigenvalue weighted by Gasteiger charge is -2.35. The molecule has 1 aromatic rings. The van der Waals surface area contributed by atoms with E-state index in [9.17, 15) is 4.79 Å². The first-order chi connectivity index (χ1) is 10.5. The lowest BCUT2D eigenvalue weighted by molar-refractivity contribution is 0.191. The Balaban J connectivity index is 1.79. The van der Waals surface area contributed by atoms with Crippen LogP contribution >= 0.6 is 11.6 Å². The SMILES string of the molecule is CC(C)[C@H](C)CNC(=O)N1CCN(c2ccc(Cl)cn2)CC1. The highest BCUT2D eigenvalue weighted by Gasteiger charge is 2.22. The van der Waals surface area contributed by atoms with Crippen LogP contribution in [0.2, 0.25) is 5.02 Å².